The molecular formula is C33H33N5O4S. The molecule has 0 spiro atoms. The van der Waals surface area contributed by atoms with Gasteiger partial charge in [0.05, 0.1) is 17.6 Å². The van der Waals surface area contributed by atoms with Crippen LogP contribution in [0, 0.1) is 34.6 Å². The van der Waals surface area contributed by atoms with E-state index in [4.69, 9.17) is 5.10 Å². The molecule has 1 N–H and O–H groups in total. The van der Waals surface area contributed by atoms with E-state index in [1.165, 1.54) is 5.56 Å². The monoisotopic (exact) mass is 595 g/mol. The molecule has 0 bridgehead atoms. The molecule has 0 fully saturated rings. The van der Waals surface area contributed by atoms with Crippen molar-refractivity contribution < 1.29 is 17.5 Å². The summed E-state index contributed by atoms with van der Waals surface area (Å²) in [5.41, 5.74) is 8.14. The fourth-order valence-corrected chi connectivity index (χ4v) is 6.22. The Kier molecular flexibility index (Phi) is 7.92. The van der Waals surface area contributed by atoms with Crippen molar-refractivity contribution in [2.75, 3.05) is 5.32 Å². The highest BCUT2D eigenvalue weighted by atomic mass is 32.2. The molecule has 6 rings (SSSR count). The number of fused-ring (bicyclic) bond motifs is 3. The second kappa shape index (κ2) is 11.5. The maximum Gasteiger partial charge on any atom is 0.375 e. The number of rotatable bonds is 4. The van der Waals surface area contributed by atoms with Gasteiger partial charge in [0.1, 0.15) is 10.1 Å². The summed E-state index contributed by atoms with van der Waals surface area (Å²) in [6.45, 7) is 9.19. The predicted octanol–water partition coefficient (Wildman–Crippen LogP) is 5.34. The van der Waals surface area contributed by atoms with Gasteiger partial charge in [-0.15, -0.1) is 0 Å². The van der Waals surface area contributed by atoms with Crippen LogP contribution in [0.15, 0.2) is 94.6 Å². The summed E-state index contributed by atoms with van der Waals surface area (Å²) >= 11 is 0. The number of aromatic nitrogens is 4. The Bertz CT molecular complexity index is 2120. The number of aryl methyl sites for hydroxylation is 6. The van der Waals surface area contributed by atoms with Crippen molar-refractivity contribution in [1.29, 1.82) is 0 Å². The van der Waals surface area contributed by atoms with Crippen molar-refractivity contribution in [2.24, 2.45) is 7.05 Å². The quantitative estimate of drug-likeness (QED) is 0.218. The van der Waals surface area contributed by atoms with Crippen LogP contribution in [-0.4, -0.2) is 27.2 Å². The first-order chi connectivity index (χ1) is 20.3. The van der Waals surface area contributed by atoms with Gasteiger partial charge >= 0.3 is 11.2 Å². The zero-order chi connectivity index (χ0) is 31.1. The van der Waals surface area contributed by atoms with E-state index in [0.29, 0.717) is 22.7 Å². The lowest BCUT2D eigenvalue weighted by molar-refractivity contribution is -0.619. The van der Waals surface area contributed by atoms with E-state index in [-0.39, 0.29) is 10.5 Å². The summed E-state index contributed by atoms with van der Waals surface area (Å²) in [7, 11) is -2.43. The van der Waals surface area contributed by atoms with E-state index < -0.39 is 10.1 Å². The second-order valence-electron chi connectivity index (χ2n) is 10.8. The molecule has 2 aromatic heterocycles. The van der Waals surface area contributed by atoms with Crippen LogP contribution >= 0.6 is 0 Å². The molecule has 6 aromatic rings. The minimum atomic E-state index is -4.33. The highest BCUT2D eigenvalue weighted by Gasteiger charge is 2.26. The Balaban J connectivity index is 0.000000239. The van der Waals surface area contributed by atoms with Crippen molar-refractivity contribution in [2.45, 2.75) is 39.5 Å². The number of anilines is 2. The van der Waals surface area contributed by atoms with Gasteiger partial charge in [-0.3, -0.25) is 4.79 Å². The molecule has 0 aliphatic rings. The zero-order valence-corrected chi connectivity index (χ0v) is 25.7. The molecule has 10 heteroatoms. The standard InChI is InChI=1S/C24H21N5O.C9H12O3S/c1-16-8-12-18(13-9-16)25-24-26-29-21-7-5-4-6-20(21)27(3)22(29)23(30)28(24)19-14-10-17(2)11-15-19;1-6-4-7(2)9(8(3)5-6)13(10,11)12/h4-15H,1-3H3;4-5H,1-3H3,(H,10,11,12). The molecule has 4 aromatic carbocycles. The van der Waals surface area contributed by atoms with Crippen LogP contribution in [0.3, 0.4) is 0 Å². The number of hydrogen-bond donors (Lipinski definition) is 1. The summed E-state index contributed by atoms with van der Waals surface area (Å²) in [4.78, 5) is 13.6. The number of nitrogens with one attached hydrogen (secondary N) is 1. The molecular weight excluding hydrogens is 562 g/mol. The average molecular weight is 596 g/mol. The number of hydrogen-bond acceptors (Lipinski definition) is 6. The molecule has 0 aliphatic carbocycles. The highest BCUT2D eigenvalue weighted by molar-refractivity contribution is 7.85. The lowest BCUT2D eigenvalue weighted by Gasteiger charge is -2.14. The smallest absolute Gasteiger partial charge is 0.375 e. The van der Waals surface area contributed by atoms with Gasteiger partial charge in [0.15, 0.2) is 5.52 Å². The minimum absolute atomic E-state index is 0.0851. The molecule has 220 valence electrons. The maximum atomic E-state index is 13.7. The summed E-state index contributed by atoms with van der Waals surface area (Å²) in [5, 5.41) is 8.19. The second-order valence-corrected chi connectivity index (χ2v) is 12.1. The zero-order valence-electron chi connectivity index (χ0n) is 24.9. The third kappa shape index (κ3) is 5.93. The van der Waals surface area contributed by atoms with E-state index in [1.54, 1.807) is 35.1 Å². The predicted molar refractivity (Wildman–Crippen MR) is 167 cm³/mol. The number of para-hydroxylation sites is 2. The Morgan fingerprint density at radius 2 is 1.35 bits per heavy atom. The van der Waals surface area contributed by atoms with E-state index in [0.717, 1.165) is 33.5 Å². The lowest BCUT2D eigenvalue weighted by Crippen LogP contribution is -2.37. The summed E-state index contributed by atoms with van der Waals surface area (Å²) in [6.07, 6.45) is 0. The molecule has 0 unspecified atom stereocenters. The van der Waals surface area contributed by atoms with Crippen LogP contribution < -0.4 is 15.4 Å². The molecule has 0 amide bonds. The summed E-state index contributed by atoms with van der Waals surface area (Å²) in [5.74, 6) is 0.460. The molecule has 43 heavy (non-hydrogen) atoms. The third-order valence-corrected chi connectivity index (χ3v) is 8.39. The molecule has 2 heterocycles. The average Bonchev–Trinajstić information content (AvgIpc) is 3.22. The van der Waals surface area contributed by atoms with Crippen molar-refractivity contribution in [3.8, 4) is 5.69 Å². The summed E-state index contributed by atoms with van der Waals surface area (Å²) in [6, 6.07) is 27.2. The van der Waals surface area contributed by atoms with Crippen LogP contribution in [0.2, 0.25) is 0 Å². The minimum Gasteiger partial charge on any atom is -0.744 e. The Morgan fingerprint density at radius 1 is 0.791 bits per heavy atom. The normalized spacial score (nSPS) is 11.4. The lowest BCUT2D eigenvalue weighted by atomic mass is 10.1. The highest BCUT2D eigenvalue weighted by Crippen LogP contribution is 2.22. The van der Waals surface area contributed by atoms with Gasteiger partial charge in [-0.05, 0) is 87.2 Å². The van der Waals surface area contributed by atoms with E-state index in [2.05, 4.69) is 5.32 Å². The largest absolute Gasteiger partial charge is 0.744 e. The van der Waals surface area contributed by atoms with Crippen LogP contribution in [0.1, 0.15) is 27.8 Å². The van der Waals surface area contributed by atoms with Crippen LogP contribution in [0.5, 0.6) is 0 Å². The van der Waals surface area contributed by atoms with Gasteiger partial charge in [0, 0.05) is 5.69 Å². The van der Waals surface area contributed by atoms with Crippen LogP contribution in [0.25, 0.3) is 22.4 Å². The van der Waals surface area contributed by atoms with Crippen LogP contribution in [0.4, 0.5) is 11.6 Å². The molecule has 0 saturated carbocycles. The van der Waals surface area contributed by atoms with Gasteiger partial charge in [0.25, 0.3) is 5.95 Å². The van der Waals surface area contributed by atoms with Crippen molar-refractivity contribution in [3.63, 3.8) is 0 Å². The topological polar surface area (TPSA) is 112 Å². The first-order valence-electron chi connectivity index (χ1n) is 13.7. The number of benzene rings is 4. The van der Waals surface area contributed by atoms with Gasteiger partial charge in [0.2, 0.25) is 5.52 Å². The Morgan fingerprint density at radius 3 is 1.93 bits per heavy atom. The van der Waals surface area contributed by atoms with Gasteiger partial charge in [-0.25, -0.2) is 17.6 Å². The molecule has 0 aliphatic heterocycles. The first-order valence-corrected chi connectivity index (χ1v) is 15.1. The van der Waals surface area contributed by atoms with Gasteiger partial charge < -0.3 is 9.87 Å². The third-order valence-electron chi connectivity index (χ3n) is 7.25. The Labute approximate surface area is 250 Å². The van der Waals surface area contributed by atoms with E-state index in [1.807, 2.05) is 105 Å². The molecule has 0 atom stereocenters. The number of nitrogens with zero attached hydrogens (tertiary/aromatic N) is 4. The van der Waals surface area contributed by atoms with E-state index >= 15 is 0 Å². The van der Waals surface area contributed by atoms with Crippen LogP contribution in [-0.2, 0) is 17.2 Å². The van der Waals surface area contributed by atoms with Gasteiger partial charge in [-0.1, -0.05) is 69.7 Å². The molecule has 0 radical (unpaired) electrons. The fourth-order valence-electron chi connectivity index (χ4n) is 5.31. The fraction of sp³-hybridized carbons (Fsp3) is 0.182. The van der Waals surface area contributed by atoms with Crippen molar-refractivity contribution in [3.05, 3.63) is 123 Å². The number of imidazole rings is 1. The Hall–Kier alpha value is -4.80. The molecule has 0 saturated heterocycles. The van der Waals surface area contributed by atoms with E-state index in [9.17, 15) is 17.8 Å². The first kappa shape index (κ1) is 29.7. The maximum absolute atomic E-state index is 13.7. The SMILES string of the molecule is Cc1cc(C)c(S(=O)(=O)[O-])c(C)c1.Cc1ccc(Nc2nn3c4ccccc4[n+](C)c3c(=O)n2-c2ccc(C)cc2)cc1. The van der Waals surface area contributed by atoms with Gasteiger partial charge in [-0.2, -0.15) is 0 Å². The summed E-state index contributed by atoms with van der Waals surface area (Å²) < 4.78 is 37.7. The van der Waals surface area contributed by atoms with Crippen molar-refractivity contribution in [1.82, 2.24) is 14.2 Å². The molecule has 9 nitrogen and oxygen atoms in total. The van der Waals surface area contributed by atoms with Crippen molar-refractivity contribution >= 4 is 38.4 Å².